The molecule has 1 aromatic rings. The number of halogens is 3. The minimum atomic E-state index is -5.02. The van der Waals surface area contributed by atoms with E-state index in [1.165, 1.54) is 18.2 Å². The first-order valence-electron chi connectivity index (χ1n) is 4.78. The summed E-state index contributed by atoms with van der Waals surface area (Å²) in [6, 6.07) is 5.91. The molecule has 0 aromatic heterocycles. The quantitative estimate of drug-likeness (QED) is 0.710. The predicted octanol–water partition coefficient (Wildman–Crippen LogP) is 2.01. The van der Waals surface area contributed by atoms with Crippen molar-refractivity contribution in [1.29, 1.82) is 0 Å². The van der Waals surface area contributed by atoms with Crippen molar-refractivity contribution in [1.82, 2.24) is 0 Å². The third kappa shape index (κ3) is 2.02. The number of fused-ring (bicyclic) bond motifs is 1. The second kappa shape index (κ2) is 3.87. The van der Waals surface area contributed by atoms with Gasteiger partial charge in [0.15, 0.2) is 5.78 Å². The Bertz CT molecular complexity index is 479. The summed E-state index contributed by atoms with van der Waals surface area (Å²) in [6.45, 7) is -0.561. The molecule has 0 N–H and O–H groups in total. The highest BCUT2D eigenvalue weighted by molar-refractivity contribution is 6.14. The monoisotopic (exact) mass is 244 g/mol. The van der Waals surface area contributed by atoms with E-state index in [1.54, 1.807) is 6.07 Å². The molecule has 1 aliphatic heterocycles. The first-order chi connectivity index (χ1) is 7.91. The van der Waals surface area contributed by atoms with Crippen molar-refractivity contribution in [2.75, 3.05) is 6.61 Å². The lowest BCUT2D eigenvalue weighted by Gasteiger charge is -2.23. The van der Waals surface area contributed by atoms with Crippen LogP contribution < -0.4 is 4.74 Å². The van der Waals surface area contributed by atoms with Crippen molar-refractivity contribution in [3.8, 4) is 5.75 Å². The summed E-state index contributed by atoms with van der Waals surface area (Å²) >= 11 is 0. The second-order valence-electron chi connectivity index (χ2n) is 3.59. The zero-order valence-corrected chi connectivity index (χ0v) is 8.45. The van der Waals surface area contributed by atoms with E-state index >= 15 is 0 Å². The third-order valence-corrected chi connectivity index (χ3v) is 2.47. The van der Waals surface area contributed by atoms with E-state index in [4.69, 9.17) is 4.74 Å². The molecular formula is C11H7F3O3. The van der Waals surface area contributed by atoms with Crippen LogP contribution in [0.2, 0.25) is 0 Å². The molecule has 0 saturated carbocycles. The highest BCUT2D eigenvalue weighted by Gasteiger charge is 2.48. The van der Waals surface area contributed by atoms with Gasteiger partial charge in [0.2, 0.25) is 0 Å². The largest absolute Gasteiger partial charge is 0.492 e. The van der Waals surface area contributed by atoms with Gasteiger partial charge in [-0.25, -0.2) is 0 Å². The number of benzene rings is 1. The third-order valence-electron chi connectivity index (χ3n) is 2.47. The summed E-state index contributed by atoms with van der Waals surface area (Å²) in [4.78, 5) is 22.7. The molecule has 0 unspecified atom stereocenters. The maximum atomic E-state index is 12.2. The lowest BCUT2D eigenvalue weighted by Crippen LogP contribution is -2.41. The first kappa shape index (κ1) is 11.6. The fourth-order valence-corrected chi connectivity index (χ4v) is 1.62. The number of para-hydroxylation sites is 1. The van der Waals surface area contributed by atoms with Crippen molar-refractivity contribution >= 4 is 11.6 Å². The summed E-state index contributed by atoms with van der Waals surface area (Å²) in [5.41, 5.74) is 0.0151. The molecule has 0 aliphatic carbocycles. The molecule has 0 amide bonds. The Hall–Kier alpha value is -1.85. The van der Waals surface area contributed by atoms with Crippen LogP contribution in [-0.4, -0.2) is 24.3 Å². The molecule has 17 heavy (non-hydrogen) atoms. The second-order valence-corrected chi connectivity index (χ2v) is 3.59. The lowest BCUT2D eigenvalue weighted by atomic mass is 9.91. The Kier molecular flexibility index (Phi) is 2.65. The SMILES string of the molecule is O=C1c2ccccc2OC[C@@H]1C(=O)C(F)(F)F. The molecule has 0 spiro atoms. The van der Waals surface area contributed by atoms with E-state index in [0.29, 0.717) is 0 Å². The van der Waals surface area contributed by atoms with Gasteiger partial charge in [-0.1, -0.05) is 12.1 Å². The van der Waals surface area contributed by atoms with E-state index < -0.39 is 30.3 Å². The van der Waals surface area contributed by atoms with E-state index in [-0.39, 0.29) is 11.3 Å². The summed E-state index contributed by atoms with van der Waals surface area (Å²) in [6.07, 6.45) is -5.02. The van der Waals surface area contributed by atoms with Crippen LogP contribution in [0, 0.1) is 5.92 Å². The van der Waals surface area contributed by atoms with Crippen molar-refractivity contribution in [2.24, 2.45) is 5.92 Å². The normalized spacial score (nSPS) is 19.5. The van der Waals surface area contributed by atoms with Crippen molar-refractivity contribution < 1.29 is 27.5 Å². The number of ketones is 2. The Morgan fingerprint density at radius 2 is 1.94 bits per heavy atom. The lowest BCUT2D eigenvalue weighted by molar-refractivity contribution is -0.174. The number of alkyl halides is 3. The Morgan fingerprint density at radius 3 is 2.59 bits per heavy atom. The molecule has 1 atom stereocenters. The standard InChI is InChI=1S/C11H7F3O3/c12-11(13,14)10(16)7-5-17-8-4-2-1-3-6(8)9(7)15/h1-4,7H,5H2/t7-/m0/s1. The van der Waals surface area contributed by atoms with Gasteiger partial charge in [0, 0.05) is 0 Å². The van der Waals surface area contributed by atoms with Crippen LogP contribution in [0.15, 0.2) is 24.3 Å². The minimum Gasteiger partial charge on any atom is -0.492 e. The summed E-state index contributed by atoms with van der Waals surface area (Å²) < 4.78 is 41.7. The van der Waals surface area contributed by atoms with Crippen LogP contribution in [0.5, 0.6) is 5.75 Å². The zero-order chi connectivity index (χ0) is 12.6. The van der Waals surface area contributed by atoms with Crippen LogP contribution in [-0.2, 0) is 4.79 Å². The fourth-order valence-electron chi connectivity index (χ4n) is 1.62. The Balaban J connectivity index is 2.33. The Labute approximate surface area is 94.2 Å². The van der Waals surface area contributed by atoms with E-state index in [9.17, 15) is 22.8 Å². The van der Waals surface area contributed by atoms with Gasteiger partial charge >= 0.3 is 6.18 Å². The molecule has 1 aliphatic rings. The molecule has 3 nitrogen and oxygen atoms in total. The summed E-state index contributed by atoms with van der Waals surface area (Å²) in [5, 5.41) is 0. The molecular weight excluding hydrogens is 237 g/mol. The van der Waals surface area contributed by atoms with Gasteiger partial charge in [-0.05, 0) is 12.1 Å². The number of carbonyl (C=O) groups is 2. The minimum absolute atomic E-state index is 0.0151. The number of ether oxygens (including phenoxy) is 1. The molecule has 2 rings (SSSR count). The molecule has 1 heterocycles. The molecule has 1 aromatic carbocycles. The molecule has 6 heteroatoms. The smallest absolute Gasteiger partial charge is 0.450 e. The van der Waals surface area contributed by atoms with Crippen molar-refractivity contribution in [2.45, 2.75) is 6.18 Å². The van der Waals surface area contributed by atoms with Gasteiger partial charge in [-0.3, -0.25) is 9.59 Å². The van der Waals surface area contributed by atoms with Gasteiger partial charge in [0.1, 0.15) is 18.3 Å². The molecule has 0 fully saturated rings. The fraction of sp³-hybridized carbons (Fsp3) is 0.273. The molecule has 90 valence electrons. The summed E-state index contributed by atoms with van der Waals surface area (Å²) in [5.74, 6) is -4.47. The van der Waals surface area contributed by atoms with Crippen LogP contribution in [0.4, 0.5) is 13.2 Å². The maximum Gasteiger partial charge on any atom is 0.450 e. The van der Waals surface area contributed by atoms with Crippen LogP contribution in [0.1, 0.15) is 10.4 Å². The average molecular weight is 244 g/mol. The van der Waals surface area contributed by atoms with Crippen LogP contribution >= 0.6 is 0 Å². The molecule has 0 bridgehead atoms. The average Bonchev–Trinajstić information content (AvgIpc) is 2.28. The highest BCUT2D eigenvalue weighted by atomic mass is 19.4. The van der Waals surface area contributed by atoms with Crippen LogP contribution in [0.25, 0.3) is 0 Å². The highest BCUT2D eigenvalue weighted by Crippen LogP contribution is 2.31. The van der Waals surface area contributed by atoms with Gasteiger partial charge in [0.25, 0.3) is 5.78 Å². The number of hydrogen-bond donors (Lipinski definition) is 0. The van der Waals surface area contributed by atoms with Gasteiger partial charge < -0.3 is 4.74 Å². The molecule has 0 radical (unpaired) electrons. The van der Waals surface area contributed by atoms with E-state index in [0.717, 1.165) is 0 Å². The number of Topliss-reactive ketones (excluding diaryl/α,β-unsaturated/α-hetero) is 2. The topological polar surface area (TPSA) is 43.4 Å². The van der Waals surface area contributed by atoms with E-state index in [2.05, 4.69) is 0 Å². The first-order valence-corrected chi connectivity index (χ1v) is 4.78. The number of carbonyl (C=O) groups excluding carboxylic acids is 2. The van der Waals surface area contributed by atoms with E-state index in [1.807, 2.05) is 0 Å². The summed E-state index contributed by atoms with van der Waals surface area (Å²) in [7, 11) is 0. The van der Waals surface area contributed by atoms with Gasteiger partial charge in [-0.2, -0.15) is 13.2 Å². The van der Waals surface area contributed by atoms with Crippen LogP contribution in [0.3, 0.4) is 0 Å². The number of rotatable bonds is 1. The Morgan fingerprint density at radius 1 is 1.29 bits per heavy atom. The van der Waals surface area contributed by atoms with Gasteiger partial charge in [-0.15, -0.1) is 0 Å². The van der Waals surface area contributed by atoms with Gasteiger partial charge in [0.05, 0.1) is 5.56 Å². The van der Waals surface area contributed by atoms with Crippen molar-refractivity contribution in [3.05, 3.63) is 29.8 Å². The maximum absolute atomic E-state index is 12.2. The number of hydrogen-bond acceptors (Lipinski definition) is 3. The van der Waals surface area contributed by atoms with Crippen molar-refractivity contribution in [3.63, 3.8) is 0 Å². The molecule has 0 saturated heterocycles. The zero-order valence-electron chi connectivity index (χ0n) is 8.45. The predicted molar refractivity (Wildman–Crippen MR) is 50.8 cm³/mol.